The number of ether oxygens (including phenoxy) is 1. The minimum atomic E-state index is -0.473. The first kappa shape index (κ1) is 13.7. The molecule has 0 aromatic heterocycles. The lowest BCUT2D eigenvalue weighted by molar-refractivity contribution is -0.112. The zero-order valence-electron chi connectivity index (χ0n) is 9.79. The predicted octanol–water partition coefficient (Wildman–Crippen LogP) is 2.05. The minimum Gasteiger partial charge on any atom is -0.444 e. The number of nitrogens with one attached hydrogen (secondary N) is 1. The summed E-state index contributed by atoms with van der Waals surface area (Å²) in [6.45, 7) is 7.38. The number of carbonyl (C=O) groups excluding carboxylic acids is 2. The van der Waals surface area contributed by atoms with Crippen molar-refractivity contribution in [3.63, 3.8) is 0 Å². The molecule has 1 N–H and O–H groups in total. The lowest BCUT2D eigenvalue weighted by Crippen LogP contribution is -2.32. The quantitative estimate of drug-likeness (QED) is 0.574. The molecule has 0 aromatic carbocycles. The first-order valence-corrected chi connectivity index (χ1v) is 4.95. The topological polar surface area (TPSA) is 55.4 Å². The van der Waals surface area contributed by atoms with Gasteiger partial charge < -0.3 is 10.1 Å². The van der Waals surface area contributed by atoms with Gasteiger partial charge in [0.1, 0.15) is 5.60 Å². The standard InChI is InChI=1S/C11H19NO3/c1-9(13)7-5-6-8-12-10(14)15-11(2,3)4/h5,7H,6,8H2,1-4H3,(H,12,14). The van der Waals surface area contributed by atoms with Crippen LogP contribution in [0.2, 0.25) is 0 Å². The molecule has 0 atom stereocenters. The van der Waals surface area contributed by atoms with E-state index in [0.717, 1.165) is 0 Å². The molecule has 0 aliphatic rings. The van der Waals surface area contributed by atoms with E-state index < -0.39 is 11.7 Å². The molecule has 0 heterocycles. The van der Waals surface area contributed by atoms with Gasteiger partial charge in [-0.25, -0.2) is 4.79 Å². The van der Waals surface area contributed by atoms with Crippen LogP contribution in [0.3, 0.4) is 0 Å². The van der Waals surface area contributed by atoms with Crippen molar-refractivity contribution in [3.8, 4) is 0 Å². The number of allylic oxidation sites excluding steroid dienone is 1. The lowest BCUT2D eigenvalue weighted by atomic mass is 10.2. The summed E-state index contributed by atoms with van der Waals surface area (Å²) in [5, 5.41) is 2.59. The third kappa shape index (κ3) is 10.6. The third-order valence-electron chi connectivity index (χ3n) is 1.33. The van der Waals surface area contributed by atoms with Gasteiger partial charge in [0.25, 0.3) is 0 Å². The van der Waals surface area contributed by atoms with Gasteiger partial charge in [-0.2, -0.15) is 0 Å². The minimum absolute atomic E-state index is 0.00673. The highest BCUT2D eigenvalue weighted by Crippen LogP contribution is 2.06. The van der Waals surface area contributed by atoms with E-state index in [4.69, 9.17) is 4.74 Å². The SMILES string of the molecule is CC(=O)C=CCCNC(=O)OC(C)(C)C. The summed E-state index contributed by atoms with van der Waals surface area (Å²) in [4.78, 5) is 21.7. The van der Waals surface area contributed by atoms with Crippen molar-refractivity contribution in [2.75, 3.05) is 6.54 Å². The molecule has 0 aromatic rings. The maximum absolute atomic E-state index is 11.1. The Kier molecular flexibility index (Phi) is 5.67. The summed E-state index contributed by atoms with van der Waals surface area (Å²) in [5.41, 5.74) is -0.473. The Bertz CT molecular complexity index is 251. The van der Waals surface area contributed by atoms with Crippen LogP contribution in [0.4, 0.5) is 4.79 Å². The Balaban J connectivity index is 3.61. The fourth-order valence-electron chi connectivity index (χ4n) is 0.821. The molecule has 0 fully saturated rings. The van der Waals surface area contributed by atoms with Crippen LogP contribution in [0.25, 0.3) is 0 Å². The molecule has 0 saturated heterocycles. The van der Waals surface area contributed by atoms with E-state index in [1.807, 2.05) is 20.8 Å². The van der Waals surface area contributed by atoms with Crippen molar-refractivity contribution in [3.05, 3.63) is 12.2 Å². The predicted molar refractivity (Wildman–Crippen MR) is 58.7 cm³/mol. The molecule has 4 heteroatoms. The first-order chi connectivity index (χ1) is 6.81. The van der Waals surface area contributed by atoms with Crippen molar-refractivity contribution in [2.24, 2.45) is 0 Å². The Labute approximate surface area is 90.7 Å². The van der Waals surface area contributed by atoms with Crippen LogP contribution in [0.5, 0.6) is 0 Å². The van der Waals surface area contributed by atoms with Crippen molar-refractivity contribution in [1.29, 1.82) is 0 Å². The van der Waals surface area contributed by atoms with Crippen molar-refractivity contribution < 1.29 is 14.3 Å². The van der Waals surface area contributed by atoms with Crippen LogP contribution in [-0.4, -0.2) is 24.0 Å². The molecule has 4 nitrogen and oxygen atoms in total. The van der Waals surface area contributed by atoms with E-state index in [2.05, 4.69) is 5.32 Å². The summed E-state index contributed by atoms with van der Waals surface area (Å²) in [6, 6.07) is 0. The van der Waals surface area contributed by atoms with E-state index in [-0.39, 0.29) is 5.78 Å². The van der Waals surface area contributed by atoms with Crippen LogP contribution < -0.4 is 5.32 Å². The maximum Gasteiger partial charge on any atom is 0.407 e. The van der Waals surface area contributed by atoms with Gasteiger partial charge in [0.05, 0.1) is 0 Å². The molecular formula is C11H19NO3. The number of hydrogen-bond acceptors (Lipinski definition) is 3. The number of rotatable bonds is 4. The average Bonchev–Trinajstić information content (AvgIpc) is 1.99. The van der Waals surface area contributed by atoms with Gasteiger partial charge in [0.15, 0.2) is 5.78 Å². The molecule has 15 heavy (non-hydrogen) atoms. The molecular weight excluding hydrogens is 194 g/mol. The zero-order valence-corrected chi connectivity index (χ0v) is 9.79. The van der Waals surface area contributed by atoms with Crippen molar-refractivity contribution >= 4 is 11.9 Å². The highest BCUT2D eigenvalue weighted by molar-refractivity contribution is 5.87. The number of amides is 1. The Morgan fingerprint density at radius 3 is 2.40 bits per heavy atom. The Hall–Kier alpha value is -1.32. The largest absolute Gasteiger partial charge is 0.444 e. The Morgan fingerprint density at radius 1 is 1.33 bits per heavy atom. The summed E-state index contributed by atoms with van der Waals surface area (Å²) < 4.78 is 5.02. The lowest BCUT2D eigenvalue weighted by Gasteiger charge is -2.19. The van der Waals surface area contributed by atoms with E-state index in [0.29, 0.717) is 13.0 Å². The molecule has 0 aliphatic heterocycles. The Morgan fingerprint density at radius 2 is 1.93 bits per heavy atom. The number of hydrogen-bond donors (Lipinski definition) is 1. The van der Waals surface area contributed by atoms with Crippen molar-refractivity contribution in [2.45, 2.75) is 39.7 Å². The second-order valence-corrected chi connectivity index (χ2v) is 4.23. The van der Waals surface area contributed by atoms with Gasteiger partial charge >= 0.3 is 6.09 Å². The highest BCUT2D eigenvalue weighted by Gasteiger charge is 2.14. The van der Waals surface area contributed by atoms with Crippen LogP contribution in [0, 0.1) is 0 Å². The molecule has 0 radical (unpaired) electrons. The monoisotopic (exact) mass is 213 g/mol. The molecule has 1 amide bonds. The van der Waals surface area contributed by atoms with Crippen LogP contribution in [0.15, 0.2) is 12.2 Å². The van der Waals surface area contributed by atoms with E-state index in [1.54, 1.807) is 6.08 Å². The number of carbonyl (C=O) groups is 2. The molecule has 0 bridgehead atoms. The van der Waals surface area contributed by atoms with Crippen LogP contribution in [-0.2, 0) is 9.53 Å². The zero-order chi connectivity index (χ0) is 11.9. The average molecular weight is 213 g/mol. The van der Waals surface area contributed by atoms with Gasteiger partial charge in [-0.15, -0.1) is 0 Å². The van der Waals surface area contributed by atoms with E-state index in [9.17, 15) is 9.59 Å². The highest BCUT2D eigenvalue weighted by atomic mass is 16.6. The maximum atomic E-state index is 11.1. The second-order valence-electron chi connectivity index (χ2n) is 4.23. The fraction of sp³-hybridized carbons (Fsp3) is 0.636. The second kappa shape index (κ2) is 6.22. The van der Waals surface area contributed by atoms with Gasteiger partial charge in [-0.3, -0.25) is 4.79 Å². The summed E-state index contributed by atoms with van der Waals surface area (Å²) >= 11 is 0. The summed E-state index contributed by atoms with van der Waals surface area (Å²) in [7, 11) is 0. The van der Waals surface area contributed by atoms with Gasteiger partial charge in [0, 0.05) is 6.54 Å². The third-order valence-corrected chi connectivity index (χ3v) is 1.33. The van der Waals surface area contributed by atoms with Gasteiger partial charge in [-0.05, 0) is 40.2 Å². The fourth-order valence-corrected chi connectivity index (χ4v) is 0.821. The van der Waals surface area contributed by atoms with E-state index in [1.165, 1.54) is 13.0 Å². The molecule has 0 unspecified atom stereocenters. The first-order valence-electron chi connectivity index (χ1n) is 4.95. The van der Waals surface area contributed by atoms with Gasteiger partial charge in [-0.1, -0.05) is 6.08 Å². The summed E-state index contributed by atoms with van der Waals surface area (Å²) in [6.07, 6.45) is 3.40. The van der Waals surface area contributed by atoms with Gasteiger partial charge in [0.2, 0.25) is 0 Å². The molecule has 0 saturated carbocycles. The van der Waals surface area contributed by atoms with Crippen LogP contribution in [0.1, 0.15) is 34.1 Å². The molecule has 0 spiro atoms. The van der Waals surface area contributed by atoms with Crippen molar-refractivity contribution in [1.82, 2.24) is 5.32 Å². The number of ketones is 1. The summed E-state index contributed by atoms with van der Waals surface area (Å²) in [5.74, 6) is 0.00673. The number of alkyl carbamates (subject to hydrolysis) is 1. The molecule has 86 valence electrons. The van der Waals surface area contributed by atoms with Crippen LogP contribution >= 0.6 is 0 Å². The normalized spacial score (nSPS) is 11.5. The smallest absolute Gasteiger partial charge is 0.407 e. The molecule has 0 aliphatic carbocycles. The van der Waals surface area contributed by atoms with E-state index >= 15 is 0 Å². The molecule has 0 rings (SSSR count).